The van der Waals surface area contributed by atoms with Gasteiger partial charge in [0.05, 0.1) is 5.56 Å². The van der Waals surface area contributed by atoms with Crippen LogP contribution in [-0.4, -0.2) is 34.6 Å². The highest BCUT2D eigenvalue weighted by Gasteiger charge is 2.24. The van der Waals surface area contributed by atoms with Crippen LogP contribution in [0.25, 0.3) is 0 Å². The van der Waals surface area contributed by atoms with Crippen molar-refractivity contribution in [3.8, 4) is 0 Å². The third-order valence-corrected chi connectivity index (χ3v) is 4.00. The van der Waals surface area contributed by atoms with Gasteiger partial charge in [0, 0.05) is 18.3 Å². The van der Waals surface area contributed by atoms with Gasteiger partial charge < -0.3 is 15.3 Å². The summed E-state index contributed by atoms with van der Waals surface area (Å²) in [6.07, 6.45) is 5.76. The largest absolute Gasteiger partial charge is 0.478 e. The van der Waals surface area contributed by atoms with Crippen molar-refractivity contribution >= 4 is 17.7 Å². The van der Waals surface area contributed by atoms with Crippen molar-refractivity contribution in [3.63, 3.8) is 0 Å². The number of hydrogen-bond acceptors (Lipinski definition) is 2. The first-order chi connectivity index (χ1) is 10.1. The number of benzene rings is 1. The van der Waals surface area contributed by atoms with Crippen LogP contribution < -0.4 is 5.32 Å². The van der Waals surface area contributed by atoms with Gasteiger partial charge in [0.25, 0.3) is 0 Å². The summed E-state index contributed by atoms with van der Waals surface area (Å²) in [7, 11) is 0. The molecule has 0 saturated heterocycles. The maximum absolute atomic E-state index is 12.4. The quantitative estimate of drug-likeness (QED) is 0.890. The molecule has 0 radical (unpaired) electrons. The monoisotopic (exact) mass is 290 g/mol. The van der Waals surface area contributed by atoms with Gasteiger partial charge in [-0.15, -0.1) is 0 Å². The van der Waals surface area contributed by atoms with Gasteiger partial charge in [0.2, 0.25) is 0 Å². The van der Waals surface area contributed by atoms with E-state index >= 15 is 0 Å². The first kappa shape index (κ1) is 15.4. The second-order valence-corrected chi connectivity index (χ2v) is 5.39. The predicted molar refractivity (Wildman–Crippen MR) is 81.7 cm³/mol. The van der Waals surface area contributed by atoms with Crippen molar-refractivity contribution in [1.29, 1.82) is 0 Å². The lowest BCUT2D eigenvalue weighted by atomic mass is 9.94. The van der Waals surface area contributed by atoms with Gasteiger partial charge in [-0.05, 0) is 44.0 Å². The normalized spacial score (nSPS) is 15.5. The van der Waals surface area contributed by atoms with Crippen LogP contribution in [-0.2, 0) is 0 Å². The lowest BCUT2D eigenvalue weighted by Crippen LogP contribution is -2.43. The van der Waals surface area contributed by atoms with Crippen molar-refractivity contribution in [3.05, 3.63) is 29.8 Å². The zero-order valence-electron chi connectivity index (χ0n) is 12.3. The number of urea groups is 1. The predicted octanol–water partition coefficient (Wildman–Crippen LogP) is 3.57. The van der Waals surface area contributed by atoms with Crippen molar-refractivity contribution in [2.45, 2.75) is 45.1 Å². The van der Waals surface area contributed by atoms with Crippen LogP contribution in [0.15, 0.2) is 24.3 Å². The number of nitrogens with one attached hydrogen (secondary N) is 1. The van der Waals surface area contributed by atoms with E-state index in [9.17, 15) is 9.59 Å². The average Bonchev–Trinajstić information content (AvgIpc) is 2.49. The van der Waals surface area contributed by atoms with Crippen LogP contribution in [0.1, 0.15) is 49.4 Å². The molecule has 0 bridgehead atoms. The van der Waals surface area contributed by atoms with E-state index in [0.717, 1.165) is 12.8 Å². The van der Waals surface area contributed by atoms with Gasteiger partial charge >= 0.3 is 12.0 Å². The average molecular weight is 290 g/mol. The third-order valence-electron chi connectivity index (χ3n) is 4.00. The Balaban J connectivity index is 1.99. The number of aromatic carboxylic acids is 1. The van der Waals surface area contributed by atoms with Crippen LogP contribution in [0.4, 0.5) is 10.5 Å². The minimum absolute atomic E-state index is 0.104. The Bertz CT molecular complexity index is 493. The number of carboxylic acid groups (broad SMARTS) is 1. The topological polar surface area (TPSA) is 69.6 Å². The summed E-state index contributed by atoms with van der Waals surface area (Å²) >= 11 is 0. The highest BCUT2D eigenvalue weighted by atomic mass is 16.4. The molecule has 1 saturated carbocycles. The van der Waals surface area contributed by atoms with Gasteiger partial charge in [0.1, 0.15) is 0 Å². The molecule has 0 heterocycles. The molecule has 1 aromatic rings. The molecule has 1 aliphatic rings. The Morgan fingerprint density at radius 1 is 1.19 bits per heavy atom. The molecular formula is C16H22N2O3. The molecule has 1 fully saturated rings. The molecule has 5 heteroatoms. The van der Waals surface area contributed by atoms with E-state index in [0.29, 0.717) is 18.3 Å². The van der Waals surface area contributed by atoms with Gasteiger partial charge in [-0.1, -0.05) is 19.3 Å². The number of carbonyl (C=O) groups excluding carboxylic acids is 1. The maximum atomic E-state index is 12.4. The molecule has 0 aromatic heterocycles. The van der Waals surface area contributed by atoms with Crippen molar-refractivity contribution in [2.75, 3.05) is 11.9 Å². The van der Waals surface area contributed by atoms with E-state index in [-0.39, 0.29) is 11.6 Å². The Morgan fingerprint density at radius 2 is 1.81 bits per heavy atom. The fourth-order valence-corrected chi connectivity index (χ4v) is 2.85. The summed E-state index contributed by atoms with van der Waals surface area (Å²) in [5.41, 5.74) is 0.840. The molecule has 1 aliphatic carbocycles. The number of nitrogens with zero attached hydrogens (tertiary/aromatic N) is 1. The van der Waals surface area contributed by atoms with E-state index in [1.54, 1.807) is 12.1 Å². The van der Waals surface area contributed by atoms with E-state index in [1.807, 2.05) is 11.8 Å². The van der Waals surface area contributed by atoms with Gasteiger partial charge in [-0.25, -0.2) is 9.59 Å². The van der Waals surface area contributed by atoms with E-state index in [4.69, 9.17) is 5.11 Å². The molecule has 0 unspecified atom stereocenters. The lowest BCUT2D eigenvalue weighted by Gasteiger charge is -2.33. The molecular weight excluding hydrogens is 268 g/mol. The summed E-state index contributed by atoms with van der Waals surface area (Å²) in [4.78, 5) is 25.0. The Kier molecular flexibility index (Phi) is 5.20. The molecule has 0 spiro atoms. The molecule has 2 amide bonds. The van der Waals surface area contributed by atoms with Crippen LogP contribution in [0.5, 0.6) is 0 Å². The number of hydrogen-bond donors (Lipinski definition) is 2. The first-order valence-electron chi connectivity index (χ1n) is 7.52. The summed E-state index contributed by atoms with van der Waals surface area (Å²) in [5.74, 6) is -0.967. The highest BCUT2D eigenvalue weighted by Crippen LogP contribution is 2.23. The highest BCUT2D eigenvalue weighted by molar-refractivity contribution is 5.91. The van der Waals surface area contributed by atoms with Crippen LogP contribution >= 0.6 is 0 Å². The van der Waals surface area contributed by atoms with Crippen molar-refractivity contribution < 1.29 is 14.7 Å². The Hall–Kier alpha value is -2.04. The minimum Gasteiger partial charge on any atom is -0.478 e. The number of carbonyl (C=O) groups is 2. The molecule has 0 aliphatic heterocycles. The molecule has 0 atom stereocenters. The SMILES string of the molecule is CCN(C(=O)Nc1ccc(C(=O)O)cc1)C1CCCCC1. The molecule has 114 valence electrons. The second-order valence-electron chi connectivity index (χ2n) is 5.39. The smallest absolute Gasteiger partial charge is 0.335 e. The number of rotatable bonds is 4. The van der Waals surface area contributed by atoms with Gasteiger partial charge in [0.15, 0.2) is 0 Å². The van der Waals surface area contributed by atoms with Gasteiger partial charge in [-0.3, -0.25) is 0 Å². The van der Waals surface area contributed by atoms with Crippen LogP contribution in [0, 0.1) is 0 Å². The van der Waals surface area contributed by atoms with Crippen LogP contribution in [0.3, 0.4) is 0 Å². The maximum Gasteiger partial charge on any atom is 0.335 e. The summed E-state index contributed by atoms with van der Waals surface area (Å²) < 4.78 is 0. The molecule has 1 aromatic carbocycles. The molecule has 2 N–H and O–H groups in total. The van der Waals surface area contributed by atoms with E-state index < -0.39 is 5.97 Å². The van der Waals surface area contributed by atoms with E-state index in [1.165, 1.54) is 31.4 Å². The third kappa shape index (κ3) is 3.97. The summed E-state index contributed by atoms with van der Waals surface area (Å²) in [6, 6.07) is 6.45. The first-order valence-corrected chi connectivity index (χ1v) is 7.52. The Morgan fingerprint density at radius 3 is 2.33 bits per heavy atom. The number of anilines is 1. The fraction of sp³-hybridized carbons (Fsp3) is 0.500. The number of carboxylic acids is 1. The summed E-state index contributed by atoms with van der Waals surface area (Å²) in [5, 5.41) is 11.7. The second kappa shape index (κ2) is 7.11. The standard InChI is InChI=1S/C16H22N2O3/c1-2-18(14-6-4-3-5-7-14)16(21)17-13-10-8-12(9-11-13)15(19)20/h8-11,14H,2-7H2,1H3,(H,17,21)(H,19,20). The van der Waals surface area contributed by atoms with Gasteiger partial charge in [-0.2, -0.15) is 0 Å². The van der Waals surface area contributed by atoms with Crippen molar-refractivity contribution in [1.82, 2.24) is 4.90 Å². The molecule has 5 nitrogen and oxygen atoms in total. The van der Waals surface area contributed by atoms with Crippen LogP contribution in [0.2, 0.25) is 0 Å². The molecule has 2 rings (SSSR count). The zero-order chi connectivity index (χ0) is 15.2. The minimum atomic E-state index is -0.967. The van der Waals surface area contributed by atoms with Crippen molar-refractivity contribution in [2.24, 2.45) is 0 Å². The van der Waals surface area contributed by atoms with E-state index in [2.05, 4.69) is 5.32 Å². The molecule has 21 heavy (non-hydrogen) atoms. The fourth-order valence-electron chi connectivity index (χ4n) is 2.85. The lowest BCUT2D eigenvalue weighted by molar-refractivity contribution is 0.0697. The summed E-state index contributed by atoms with van der Waals surface area (Å²) in [6.45, 7) is 2.67. The number of amides is 2. The Labute approximate surface area is 125 Å². The zero-order valence-corrected chi connectivity index (χ0v) is 12.3.